The van der Waals surface area contributed by atoms with Crippen molar-refractivity contribution in [2.75, 3.05) is 25.1 Å². The van der Waals surface area contributed by atoms with Crippen LogP contribution in [0.4, 0.5) is 11.4 Å². The highest BCUT2D eigenvalue weighted by atomic mass is 16.6. The summed E-state index contributed by atoms with van der Waals surface area (Å²) >= 11 is 0. The van der Waals surface area contributed by atoms with E-state index >= 15 is 0 Å². The molecule has 0 spiro atoms. The first kappa shape index (κ1) is 13.6. The van der Waals surface area contributed by atoms with E-state index in [1.807, 2.05) is 11.8 Å². The number of nitrogens with zero attached hydrogens (tertiary/aromatic N) is 2. The van der Waals surface area contributed by atoms with Crippen molar-refractivity contribution in [1.82, 2.24) is 0 Å². The van der Waals surface area contributed by atoms with E-state index in [1.54, 1.807) is 12.1 Å². The fraction of sp³-hybridized carbons (Fsp3) is 0.538. The van der Waals surface area contributed by atoms with Gasteiger partial charge < -0.3 is 14.7 Å². The van der Waals surface area contributed by atoms with E-state index in [-0.39, 0.29) is 5.69 Å². The van der Waals surface area contributed by atoms with Gasteiger partial charge in [0, 0.05) is 25.2 Å². The van der Waals surface area contributed by atoms with E-state index in [1.165, 1.54) is 13.2 Å². The zero-order valence-corrected chi connectivity index (χ0v) is 11.1. The predicted octanol–water partition coefficient (Wildman–Crippen LogP) is 1.95. The largest absolute Gasteiger partial charge is 0.497 e. The summed E-state index contributed by atoms with van der Waals surface area (Å²) in [5.41, 5.74) is -0.171. The predicted molar refractivity (Wildman–Crippen MR) is 71.7 cm³/mol. The number of anilines is 1. The molecule has 0 amide bonds. The van der Waals surface area contributed by atoms with E-state index in [9.17, 15) is 15.2 Å². The number of nitro benzene ring substituents is 1. The van der Waals surface area contributed by atoms with Crippen molar-refractivity contribution in [1.29, 1.82) is 0 Å². The Kier molecular flexibility index (Phi) is 3.61. The van der Waals surface area contributed by atoms with Gasteiger partial charge in [-0.2, -0.15) is 0 Å². The molecule has 0 radical (unpaired) electrons. The topological polar surface area (TPSA) is 75.8 Å². The zero-order chi connectivity index (χ0) is 14.0. The van der Waals surface area contributed by atoms with E-state index in [4.69, 9.17) is 4.74 Å². The van der Waals surface area contributed by atoms with Gasteiger partial charge in [0.1, 0.15) is 11.4 Å². The summed E-state index contributed by atoms with van der Waals surface area (Å²) in [6.45, 7) is 2.86. The fourth-order valence-corrected chi connectivity index (χ4v) is 2.50. The maximum Gasteiger partial charge on any atom is 0.292 e. The molecule has 0 bridgehead atoms. The van der Waals surface area contributed by atoms with Crippen molar-refractivity contribution in [3.8, 4) is 5.75 Å². The van der Waals surface area contributed by atoms with Gasteiger partial charge in [-0.15, -0.1) is 0 Å². The van der Waals surface area contributed by atoms with Gasteiger partial charge in [0.2, 0.25) is 0 Å². The maximum atomic E-state index is 11.0. The smallest absolute Gasteiger partial charge is 0.292 e. The molecule has 6 nitrogen and oxygen atoms in total. The Morgan fingerprint density at radius 3 is 2.74 bits per heavy atom. The Balaban J connectivity index is 2.22. The second-order valence-electron chi connectivity index (χ2n) is 4.94. The molecule has 0 aromatic heterocycles. The van der Waals surface area contributed by atoms with Crippen molar-refractivity contribution in [3.05, 3.63) is 28.3 Å². The standard InChI is InChI=1S/C13H18N2O4/c1-3-6-13(16)8-14(9-13)12-7-10(19-2)4-5-11(12)15(17)18/h4-5,7,16H,3,6,8-9H2,1-2H3. The molecule has 0 unspecified atom stereocenters. The van der Waals surface area contributed by atoms with Crippen molar-refractivity contribution in [3.63, 3.8) is 0 Å². The van der Waals surface area contributed by atoms with E-state index in [0.717, 1.165) is 6.42 Å². The van der Waals surface area contributed by atoms with Crippen molar-refractivity contribution in [2.24, 2.45) is 0 Å². The molecule has 1 aromatic carbocycles. The van der Waals surface area contributed by atoms with Crippen LogP contribution < -0.4 is 9.64 Å². The van der Waals surface area contributed by atoms with Crippen LogP contribution in [-0.2, 0) is 0 Å². The highest BCUT2D eigenvalue weighted by molar-refractivity contribution is 5.67. The molecule has 1 aliphatic heterocycles. The summed E-state index contributed by atoms with van der Waals surface area (Å²) in [6.07, 6.45) is 1.60. The average Bonchev–Trinajstić information content (AvgIpc) is 2.35. The highest BCUT2D eigenvalue weighted by Crippen LogP contribution is 2.38. The third kappa shape index (κ3) is 2.63. The molecule has 6 heteroatoms. The molecule has 1 heterocycles. The lowest BCUT2D eigenvalue weighted by Gasteiger charge is -2.47. The molecule has 0 aliphatic carbocycles. The van der Waals surface area contributed by atoms with Crippen LogP contribution in [0.3, 0.4) is 0 Å². The Hall–Kier alpha value is -1.82. The van der Waals surface area contributed by atoms with Crippen LogP contribution in [0.15, 0.2) is 18.2 Å². The van der Waals surface area contributed by atoms with Crippen molar-refractivity contribution >= 4 is 11.4 Å². The fourth-order valence-electron chi connectivity index (χ4n) is 2.50. The Morgan fingerprint density at radius 2 is 2.21 bits per heavy atom. The van der Waals surface area contributed by atoms with Gasteiger partial charge in [0.05, 0.1) is 17.6 Å². The van der Waals surface area contributed by atoms with Gasteiger partial charge in [-0.3, -0.25) is 10.1 Å². The average molecular weight is 266 g/mol. The first-order valence-electron chi connectivity index (χ1n) is 6.29. The SMILES string of the molecule is CCCC1(O)CN(c2cc(OC)ccc2[N+](=O)[O-])C1. The lowest BCUT2D eigenvalue weighted by atomic mass is 9.88. The molecule has 0 atom stereocenters. The van der Waals surface area contributed by atoms with Crippen molar-refractivity contribution < 1.29 is 14.8 Å². The number of aliphatic hydroxyl groups is 1. The lowest BCUT2D eigenvalue weighted by Crippen LogP contribution is -2.62. The molecule has 104 valence electrons. The number of methoxy groups -OCH3 is 1. The Labute approximate surface area is 111 Å². The number of hydrogen-bond acceptors (Lipinski definition) is 5. The summed E-state index contributed by atoms with van der Waals surface area (Å²) in [5, 5.41) is 21.2. The Bertz CT molecular complexity index is 484. The number of nitro groups is 1. The van der Waals surface area contributed by atoms with E-state index < -0.39 is 10.5 Å². The molecular formula is C13H18N2O4. The summed E-state index contributed by atoms with van der Waals surface area (Å²) in [5.74, 6) is 0.575. The van der Waals surface area contributed by atoms with E-state index in [2.05, 4.69) is 0 Å². The zero-order valence-electron chi connectivity index (χ0n) is 11.1. The monoisotopic (exact) mass is 266 g/mol. The number of rotatable bonds is 5. The van der Waals surface area contributed by atoms with Crippen LogP contribution in [-0.4, -0.2) is 35.8 Å². The van der Waals surface area contributed by atoms with Gasteiger partial charge in [-0.05, 0) is 12.5 Å². The van der Waals surface area contributed by atoms with E-state index in [0.29, 0.717) is 30.9 Å². The van der Waals surface area contributed by atoms with Crippen LogP contribution in [0.25, 0.3) is 0 Å². The summed E-state index contributed by atoms with van der Waals surface area (Å²) in [7, 11) is 1.52. The van der Waals surface area contributed by atoms with Gasteiger partial charge >= 0.3 is 0 Å². The van der Waals surface area contributed by atoms with Crippen LogP contribution in [0.5, 0.6) is 5.75 Å². The highest BCUT2D eigenvalue weighted by Gasteiger charge is 2.42. The van der Waals surface area contributed by atoms with Crippen LogP contribution in [0.2, 0.25) is 0 Å². The first-order valence-corrected chi connectivity index (χ1v) is 6.29. The van der Waals surface area contributed by atoms with Crippen molar-refractivity contribution in [2.45, 2.75) is 25.4 Å². The van der Waals surface area contributed by atoms with Gasteiger partial charge in [0.25, 0.3) is 5.69 Å². The molecule has 1 saturated heterocycles. The molecule has 1 aliphatic rings. The van der Waals surface area contributed by atoms with Gasteiger partial charge in [-0.1, -0.05) is 13.3 Å². The minimum Gasteiger partial charge on any atom is -0.497 e. The van der Waals surface area contributed by atoms with Gasteiger partial charge in [-0.25, -0.2) is 0 Å². The minimum absolute atomic E-state index is 0.0411. The molecule has 19 heavy (non-hydrogen) atoms. The number of β-amino-alcohol motifs (C(OH)–C–C–N with tert-alkyl or cyclic N) is 1. The second-order valence-corrected chi connectivity index (χ2v) is 4.94. The van der Waals surface area contributed by atoms with Crippen LogP contribution >= 0.6 is 0 Å². The number of ether oxygens (including phenoxy) is 1. The second kappa shape index (κ2) is 5.05. The number of benzene rings is 1. The normalized spacial score (nSPS) is 16.9. The van der Waals surface area contributed by atoms with Gasteiger partial charge in [0.15, 0.2) is 0 Å². The van der Waals surface area contributed by atoms with Crippen LogP contribution in [0, 0.1) is 10.1 Å². The third-order valence-electron chi connectivity index (χ3n) is 3.41. The first-order chi connectivity index (χ1) is 8.99. The van der Waals surface area contributed by atoms with Crippen LogP contribution in [0.1, 0.15) is 19.8 Å². The quantitative estimate of drug-likeness (QED) is 0.651. The third-order valence-corrected chi connectivity index (χ3v) is 3.41. The summed E-state index contributed by atoms with van der Waals surface area (Å²) in [4.78, 5) is 12.4. The lowest BCUT2D eigenvalue weighted by molar-refractivity contribution is -0.384. The maximum absolute atomic E-state index is 11.0. The molecule has 1 N–H and O–H groups in total. The molecule has 2 rings (SSSR count). The molecular weight excluding hydrogens is 248 g/mol. The number of hydrogen-bond donors (Lipinski definition) is 1. The summed E-state index contributed by atoms with van der Waals surface area (Å²) in [6, 6.07) is 4.65. The summed E-state index contributed by atoms with van der Waals surface area (Å²) < 4.78 is 5.10. The molecule has 1 fully saturated rings. The molecule has 0 saturated carbocycles. The minimum atomic E-state index is -0.717. The molecule has 1 aromatic rings. The Morgan fingerprint density at radius 1 is 1.53 bits per heavy atom.